The van der Waals surface area contributed by atoms with Gasteiger partial charge in [-0.15, -0.1) is 0 Å². The second kappa shape index (κ2) is 5.97. The zero-order chi connectivity index (χ0) is 13.8. The smallest absolute Gasteiger partial charge is 0.147 e. The highest BCUT2D eigenvalue weighted by molar-refractivity contribution is 6.30. The quantitative estimate of drug-likeness (QED) is 0.667. The second-order valence-corrected chi connectivity index (χ2v) is 4.24. The Hall–Kier alpha value is -1.69. The Morgan fingerprint density at radius 3 is 2.84 bits per heavy atom. The van der Waals surface area contributed by atoms with Gasteiger partial charge in [0, 0.05) is 11.8 Å². The minimum atomic E-state index is -0.644. The van der Waals surface area contributed by atoms with E-state index in [1.54, 1.807) is 30.5 Å². The number of methoxy groups -OCH3 is 1. The molecule has 1 aromatic carbocycles. The van der Waals surface area contributed by atoms with Gasteiger partial charge < -0.3 is 4.74 Å². The Morgan fingerprint density at radius 2 is 2.16 bits per heavy atom. The highest BCUT2D eigenvalue weighted by Gasteiger charge is 2.22. The van der Waals surface area contributed by atoms with E-state index in [1.165, 1.54) is 13.2 Å². The van der Waals surface area contributed by atoms with Crippen LogP contribution < -0.4 is 16.0 Å². The summed E-state index contributed by atoms with van der Waals surface area (Å²) in [5.74, 6) is 5.51. The predicted molar refractivity (Wildman–Crippen MR) is 71.4 cm³/mol. The van der Waals surface area contributed by atoms with Crippen molar-refractivity contribution in [3.05, 3.63) is 58.6 Å². The van der Waals surface area contributed by atoms with Crippen LogP contribution in [0, 0.1) is 5.82 Å². The Kier molecular flexibility index (Phi) is 4.31. The van der Waals surface area contributed by atoms with Gasteiger partial charge in [0.15, 0.2) is 0 Å². The van der Waals surface area contributed by atoms with Crippen molar-refractivity contribution < 1.29 is 9.13 Å². The fraction of sp³-hybridized carbons (Fsp3) is 0.154. The van der Waals surface area contributed by atoms with E-state index in [2.05, 4.69) is 10.4 Å². The molecule has 0 radical (unpaired) electrons. The average Bonchev–Trinajstić information content (AvgIpc) is 2.45. The predicted octanol–water partition coefficient (Wildman–Crippen LogP) is 2.44. The molecule has 3 N–H and O–H groups in total. The molecule has 6 heteroatoms. The van der Waals surface area contributed by atoms with E-state index < -0.39 is 11.9 Å². The van der Waals surface area contributed by atoms with Gasteiger partial charge in [-0.05, 0) is 18.2 Å². The van der Waals surface area contributed by atoms with Crippen molar-refractivity contribution in [1.82, 2.24) is 10.4 Å². The first-order valence-electron chi connectivity index (χ1n) is 5.58. The van der Waals surface area contributed by atoms with Gasteiger partial charge in [-0.2, -0.15) is 0 Å². The van der Waals surface area contributed by atoms with E-state index in [0.717, 1.165) is 0 Å². The van der Waals surface area contributed by atoms with Crippen molar-refractivity contribution in [2.75, 3.05) is 7.11 Å². The molecule has 2 rings (SSSR count). The van der Waals surface area contributed by atoms with Crippen LogP contribution >= 0.6 is 11.6 Å². The number of rotatable bonds is 4. The summed E-state index contributed by atoms with van der Waals surface area (Å²) in [6.07, 6.45) is 1.59. The molecule has 4 nitrogen and oxygen atoms in total. The molecule has 0 aliphatic carbocycles. The minimum absolute atomic E-state index is 0.0349. The van der Waals surface area contributed by atoms with Gasteiger partial charge in [-0.1, -0.05) is 23.7 Å². The third-order valence-electron chi connectivity index (χ3n) is 2.75. The lowest BCUT2D eigenvalue weighted by Crippen LogP contribution is -2.30. The molecule has 0 spiro atoms. The van der Waals surface area contributed by atoms with Crippen molar-refractivity contribution in [1.29, 1.82) is 0 Å². The highest BCUT2D eigenvalue weighted by Crippen LogP contribution is 2.30. The summed E-state index contributed by atoms with van der Waals surface area (Å²) in [5.41, 5.74) is 3.34. The maximum atomic E-state index is 14.1. The Morgan fingerprint density at radius 1 is 1.37 bits per heavy atom. The molecule has 19 heavy (non-hydrogen) atoms. The van der Waals surface area contributed by atoms with Gasteiger partial charge in [0.05, 0.1) is 18.2 Å². The SMILES string of the molecule is COc1cccnc1C(NN)c1cccc(Cl)c1F. The van der Waals surface area contributed by atoms with E-state index in [4.69, 9.17) is 22.2 Å². The number of aromatic nitrogens is 1. The summed E-state index contributed by atoms with van der Waals surface area (Å²) in [5, 5.41) is 0.0349. The fourth-order valence-corrected chi connectivity index (χ4v) is 2.03. The number of ether oxygens (including phenoxy) is 1. The van der Waals surface area contributed by atoms with E-state index in [-0.39, 0.29) is 5.02 Å². The first-order valence-corrected chi connectivity index (χ1v) is 5.95. The van der Waals surface area contributed by atoms with Crippen LogP contribution in [0.5, 0.6) is 5.75 Å². The summed E-state index contributed by atoms with van der Waals surface area (Å²) >= 11 is 5.78. The first-order chi connectivity index (χ1) is 9.19. The van der Waals surface area contributed by atoms with Crippen molar-refractivity contribution in [2.45, 2.75) is 6.04 Å². The Labute approximate surface area is 115 Å². The van der Waals surface area contributed by atoms with Crippen LogP contribution in [0.4, 0.5) is 4.39 Å². The molecule has 0 aliphatic heterocycles. The first kappa shape index (κ1) is 13.7. The molecule has 1 aromatic heterocycles. The number of nitrogens with one attached hydrogen (secondary N) is 1. The number of hydrogen-bond acceptors (Lipinski definition) is 4. The van der Waals surface area contributed by atoms with Gasteiger partial charge in [0.2, 0.25) is 0 Å². The normalized spacial score (nSPS) is 12.2. The molecule has 1 heterocycles. The minimum Gasteiger partial charge on any atom is -0.495 e. The lowest BCUT2D eigenvalue weighted by atomic mass is 10.0. The second-order valence-electron chi connectivity index (χ2n) is 3.83. The largest absolute Gasteiger partial charge is 0.495 e. The number of hydrazine groups is 1. The zero-order valence-corrected chi connectivity index (χ0v) is 11.0. The topological polar surface area (TPSA) is 60.2 Å². The molecule has 1 atom stereocenters. The highest BCUT2D eigenvalue weighted by atomic mass is 35.5. The fourth-order valence-electron chi connectivity index (χ4n) is 1.85. The summed E-state index contributed by atoms with van der Waals surface area (Å²) < 4.78 is 19.3. The number of nitrogens with zero attached hydrogens (tertiary/aromatic N) is 1. The van der Waals surface area contributed by atoms with Gasteiger partial charge in [-0.25, -0.2) is 9.82 Å². The van der Waals surface area contributed by atoms with Crippen LogP contribution in [-0.4, -0.2) is 12.1 Å². The Bertz CT molecular complexity index is 580. The molecule has 0 saturated heterocycles. The van der Waals surface area contributed by atoms with E-state index in [1.807, 2.05) is 0 Å². The summed E-state index contributed by atoms with van der Waals surface area (Å²) in [4.78, 5) is 4.19. The van der Waals surface area contributed by atoms with Crippen LogP contribution in [-0.2, 0) is 0 Å². The Balaban J connectivity index is 2.53. The van der Waals surface area contributed by atoms with Crippen molar-refractivity contribution >= 4 is 11.6 Å². The van der Waals surface area contributed by atoms with E-state index in [9.17, 15) is 4.39 Å². The van der Waals surface area contributed by atoms with Crippen LogP contribution in [0.3, 0.4) is 0 Å². The van der Waals surface area contributed by atoms with Crippen LogP contribution in [0.15, 0.2) is 36.5 Å². The number of hydrogen-bond donors (Lipinski definition) is 2. The molecule has 0 bridgehead atoms. The molecule has 2 aromatic rings. The van der Waals surface area contributed by atoms with Crippen molar-refractivity contribution in [3.63, 3.8) is 0 Å². The van der Waals surface area contributed by atoms with Crippen LogP contribution in [0.2, 0.25) is 5.02 Å². The van der Waals surface area contributed by atoms with Gasteiger partial charge in [0.1, 0.15) is 17.3 Å². The molecule has 0 saturated carbocycles. The summed E-state index contributed by atoms with van der Waals surface area (Å²) in [6.45, 7) is 0. The van der Waals surface area contributed by atoms with Crippen molar-refractivity contribution in [3.8, 4) is 5.75 Å². The van der Waals surface area contributed by atoms with Crippen LogP contribution in [0.25, 0.3) is 0 Å². The maximum Gasteiger partial charge on any atom is 0.147 e. The van der Waals surface area contributed by atoms with E-state index in [0.29, 0.717) is 17.0 Å². The molecule has 0 fully saturated rings. The van der Waals surface area contributed by atoms with Gasteiger partial charge in [-0.3, -0.25) is 10.8 Å². The van der Waals surface area contributed by atoms with Crippen LogP contribution in [0.1, 0.15) is 17.3 Å². The molecule has 0 aliphatic rings. The number of halogens is 2. The third-order valence-corrected chi connectivity index (χ3v) is 3.04. The maximum absolute atomic E-state index is 14.1. The average molecular weight is 282 g/mol. The summed E-state index contributed by atoms with van der Waals surface area (Å²) in [7, 11) is 1.52. The molecule has 100 valence electrons. The van der Waals surface area contributed by atoms with Crippen molar-refractivity contribution in [2.24, 2.45) is 5.84 Å². The van der Waals surface area contributed by atoms with E-state index >= 15 is 0 Å². The monoisotopic (exact) mass is 281 g/mol. The van der Waals surface area contributed by atoms with Gasteiger partial charge in [0.25, 0.3) is 0 Å². The lowest BCUT2D eigenvalue weighted by molar-refractivity contribution is 0.399. The molecule has 0 amide bonds. The van der Waals surface area contributed by atoms with Gasteiger partial charge >= 0.3 is 0 Å². The lowest BCUT2D eigenvalue weighted by Gasteiger charge is -2.19. The number of pyridine rings is 1. The third kappa shape index (κ3) is 2.68. The number of nitrogens with two attached hydrogens (primary N) is 1. The standard InChI is InChI=1S/C13H13ClFN3O/c1-19-10-6-3-7-17-13(10)12(18-16)8-4-2-5-9(14)11(8)15/h2-7,12,18H,16H2,1H3. The molecular formula is C13H13ClFN3O. The summed E-state index contributed by atoms with van der Waals surface area (Å²) in [6, 6.07) is 7.54. The molecular weight excluding hydrogens is 269 g/mol. The molecule has 1 unspecified atom stereocenters. The number of benzene rings is 1. The zero-order valence-electron chi connectivity index (χ0n) is 10.2.